The average Bonchev–Trinajstić information content (AvgIpc) is 2.84. The van der Waals surface area contributed by atoms with Crippen LogP contribution in [0.25, 0.3) is 0 Å². The van der Waals surface area contributed by atoms with Gasteiger partial charge in [0, 0.05) is 23.8 Å². The number of carbonyl (C=O) groups is 5. The highest BCUT2D eigenvalue weighted by molar-refractivity contribution is 6.32. The SMILES string of the molecule is CCCCCNCC12Cc3c(CC)ccc(O)c3C(=O)C1C(=O)C1(O)C(=O)C(C(N)=O)C(=O)C(C)C1C2. The number of rotatable bonds is 8. The van der Waals surface area contributed by atoms with Crippen LogP contribution in [0.2, 0.25) is 0 Å². The lowest BCUT2D eigenvalue weighted by Crippen LogP contribution is -2.73. The molecule has 0 heterocycles. The topological polar surface area (TPSA) is 164 Å². The zero-order valence-corrected chi connectivity index (χ0v) is 21.6. The number of unbranched alkanes of at least 4 members (excludes halogenated alkanes) is 2. The predicted octanol–water partition coefficient (Wildman–Crippen LogP) is 1.29. The largest absolute Gasteiger partial charge is 0.507 e. The van der Waals surface area contributed by atoms with Gasteiger partial charge in [0.05, 0.1) is 11.5 Å². The van der Waals surface area contributed by atoms with Gasteiger partial charge in [-0.15, -0.1) is 0 Å². The summed E-state index contributed by atoms with van der Waals surface area (Å²) < 4.78 is 0. The van der Waals surface area contributed by atoms with Crippen molar-refractivity contribution in [2.24, 2.45) is 34.8 Å². The van der Waals surface area contributed by atoms with Crippen molar-refractivity contribution in [2.75, 3.05) is 13.1 Å². The molecule has 0 radical (unpaired) electrons. The first-order chi connectivity index (χ1) is 17.5. The predicted molar refractivity (Wildman–Crippen MR) is 134 cm³/mol. The van der Waals surface area contributed by atoms with Crippen LogP contribution in [-0.2, 0) is 32.0 Å². The van der Waals surface area contributed by atoms with Crippen molar-refractivity contribution in [3.8, 4) is 5.75 Å². The normalized spacial score (nSPS) is 33.1. The van der Waals surface area contributed by atoms with Gasteiger partial charge in [0.1, 0.15) is 5.75 Å². The third-order valence-corrected chi connectivity index (χ3v) is 8.91. The summed E-state index contributed by atoms with van der Waals surface area (Å²) >= 11 is 0. The fourth-order valence-electron chi connectivity index (χ4n) is 6.94. The molecule has 37 heavy (non-hydrogen) atoms. The molecule has 9 heteroatoms. The van der Waals surface area contributed by atoms with E-state index in [2.05, 4.69) is 12.2 Å². The van der Waals surface area contributed by atoms with Crippen molar-refractivity contribution < 1.29 is 34.2 Å². The first-order valence-corrected chi connectivity index (χ1v) is 13.2. The number of phenols is 1. The Balaban J connectivity index is 1.87. The molecule has 0 bridgehead atoms. The highest BCUT2D eigenvalue weighted by Crippen LogP contribution is 2.57. The number of benzene rings is 1. The van der Waals surface area contributed by atoms with E-state index in [0.717, 1.165) is 24.8 Å². The molecule has 0 aromatic heterocycles. The number of aromatic hydroxyl groups is 1. The standard InChI is InChI=1S/C28H36N2O7/c1-4-6-7-10-30-13-27-11-16-15(5-2)8-9-18(31)19(16)23(33)21(27)25(35)28(37)17(12-27)14(3)22(32)20(24(28)34)26(29)36/h8-9,14,17,20-21,30-31,37H,4-7,10-13H2,1-3H3,(H2,29,36). The van der Waals surface area contributed by atoms with E-state index in [1.54, 1.807) is 6.07 Å². The van der Waals surface area contributed by atoms with Gasteiger partial charge < -0.3 is 21.3 Å². The van der Waals surface area contributed by atoms with Crippen molar-refractivity contribution in [3.05, 3.63) is 28.8 Å². The fourth-order valence-corrected chi connectivity index (χ4v) is 6.94. The lowest BCUT2D eigenvalue weighted by molar-refractivity contribution is -0.185. The summed E-state index contributed by atoms with van der Waals surface area (Å²) in [5, 5.41) is 25.7. The molecule has 2 fully saturated rings. The maximum atomic E-state index is 14.1. The lowest BCUT2D eigenvalue weighted by atomic mass is 9.46. The van der Waals surface area contributed by atoms with Gasteiger partial charge in [0.25, 0.3) is 0 Å². The van der Waals surface area contributed by atoms with Gasteiger partial charge in [-0.2, -0.15) is 0 Å². The Labute approximate surface area is 216 Å². The van der Waals surface area contributed by atoms with E-state index in [-0.39, 0.29) is 30.7 Å². The van der Waals surface area contributed by atoms with Crippen LogP contribution < -0.4 is 11.1 Å². The molecule has 3 aliphatic carbocycles. The molecule has 4 rings (SSSR count). The van der Waals surface area contributed by atoms with Crippen molar-refractivity contribution in [3.63, 3.8) is 0 Å². The monoisotopic (exact) mass is 512 g/mol. The molecular formula is C28H36N2O7. The number of fused-ring (bicyclic) bond motifs is 3. The molecule has 2 saturated carbocycles. The van der Waals surface area contributed by atoms with Crippen LogP contribution in [0.3, 0.4) is 0 Å². The summed E-state index contributed by atoms with van der Waals surface area (Å²) in [6.45, 7) is 6.44. The number of Topliss-reactive ketones (excluding diaryl/α,β-unsaturated/α-hetero) is 4. The van der Waals surface area contributed by atoms with E-state index in [9.17, 15) is 34.2 Å². The lowest BCUT2D eigenvalue weighted by Gasteiger charge is -2.56. The molecular weight excluding hydrogens is 476 g/mol. The van der Waals surface area contributed by atoms with Gasteiger partial charge >= 0.3 is 0 Å². The second-order valence-electron chi connectivity index (χ2n) is 11.0. The number of aryl methyl sites for hydroxylation is 1. The highest BCUT2D eigenvalue weighted by Gasteiger charge is 2.71. The molecule has 9 nitrogen and oxygen atoms in total. The Hall–Kier alpha value is -2.91. The smallest absolute Gasteiger partial charge is 0.235 e. The number of phenolic OH excluding ortho intramolecular Hbond substituents is 1. The minimum absolute atomic E-state index is 0.0418. The van der Waals surface area contributed by atoms with E-state index in [1.165, 1.54) is 13.0 Å². The number of amides is 1. The zero-order valence-electron chi connectivity index (χ0n) is 21.6. The van der Waals surface area contributed by atoms with Crippen LogP contribution in [0.1, 0.15) is 67.9 Å². The Morgan fingerprint density at radius 3 is 2.46 bits per heavy atom. The van der Waals surface area contributed by atoms with Crippen LogP contribution in [0.4, 0.5) is 0 Å². The summed E-state index contributed by atoms with van der Waals surface area (Å²) in [5.74, 6) is -10.5. The zero-order chi connectivity index (χ0) is 27.3. The molecule has 1 aromatic rings. The maximum Gasteiger partial charge on any atom is 0.235 e. The van der Waals surface area contributed by atoms with E-state index in [1.807, 2.05) is 6.92 Å². The average molecular weight is 513 g/mol. The summed E-state index contributed by atoms with van der Waals surface area (Å²) in [5.41, 5.74) is 3.20. The number of carbonyl (C=O) groups excluding carboxylic acids is 5. The van der Waals surface area contributed by atoms with Gasteiger partial charge in [-0.1, -0.05) is 39.7 Å². The molecule has 3 aliphatic rings. The van der Waals surface area contributed by atoms with Crippen LogP contribution in [0, 0.1) is 29.1 Å². The van der Waals surface area contributed by atoms with Crippen LogP contribution in [0.5, 0.6) is 5.75 Å². The van der Waals surface area contributed by atoms with E-state index < -0.39 is 63.7 Å². The molecule has 1 amide bonds. The third-order valence-electron chi connectivity index (χ3n) is 8.91. The number of nitrogens with two attached hydrogens (primary N) is 1. The van der Waals surface area contributed by atoms with E-state index in [0.29, 0.717) is 18.5 Å². The van der Waals surface area contributed by atoms with Gasteiger partial charge in [0.15, 0.2) is 34.7 Å². The Kier molecular flexibility index (Phi) is 7.16. The van der Waals surface area contributed by atoms with Crippen molar-refractivity contribution in [2.45, 2.75) is 64.9 Å². The molecule has 0 spiro atoms. The quantitative estimate of drug-likeness (QED) is 0.299. The Bertz CT molecular complexity index is 1180. The number of aliphatic hydroxyl groups is 1. The van der Waals surface area contributed by atoms with Crippen molar-refractivity contribution in [1.29, 1.82) is 0 Å². The summed E-state index contributed by atoms with van der Waals surface area (Å²) in [7, 11) is 0. The molecule has 5 N–H and O–H groups in total. The van der Waals surface area contributed by atoms with E-state index in [4.69, 9.17) is 5.73 Å². The molecule has 1 aromatic carbocycles. The third kappa shape index (κ3) is 3.94. The molecule has 0 aliphatic heterocycles. The highest BCUT2D eigenvalue weighted by atomic mass is 16.3. The first-order valence-electron chi connectivity index (χ1n) is 13.2. The van der Waals surface area contributed by atoms with Crippen molar-refractivity contribution >= 4 is 29.0 Å². The minimum atomic E-state index is -2.69. The number of primary amides is 1. The fraction of sp³-hybridized carbons (Fsp3) is 0.607. The number of ketones is 4. The number of hydrogen-bond acceptors (Lipinski definition) is 8. The first kappa shape index (κ1) is 27.1. The summed E-state index contributed by atoms with van der Waals surface area (Å²) in [6.07, 6.45) is 3.86. The molecule has 6 unspecified atom stereocenters. The van der Waals surface area contributed by atoms with Crippen molar-refractivity contribution in [1.82, 2.24) is 5.32 Å². The van der Waals surface area contributed by atoms with E-state index >= 15 is 0 Å². The molecule has 0 saturated heterocycles. The summed E-state index contributed by atoms with van der Waals surface area (Å²) in [4.78, 5) is 66.5. The molecule has 200 valence electrons. The minimum Gasteiger partial charge on any atom is -0.507 e. The number of hydrogen-bond donors (Lipinski definition) is 4. The van der Waals surface area contributed by atoms with Gasteiger partial charge in [-0.3, -0.25) is 24.0 Å². The maximum absolute atomic E-state index is 14.1. The summed E-state index contributed by atoms with van der Waals surface area (Å²) in [6, 6.07) is 3.19. The second kappa shape index (κ2) is 9.76. The Morgan fingerprint density at radius 1 is 1.14 bits per heavy atom. The second-order valence-corrected chi connectivity index (χ2v) is 11.0. The van der Waals surface area contributed by atoms with Gasteiger partial charge in [-0.25, -0.2) is 0 Å². The van der Waals surface area contributed by atoms with Gasteiger partial charge in [-0.05, 0) is 49.4 Å². The Morgan fingerprint density at radius 2 is 1.84 bits per heavy atom. The van der Waals surface area contributed by atoms with Crippen LogP contribution in [0.15, 0.2) is 12.1 Å². The number of nitrogens with one attached hydrogen (secondary N) is 1. The van der Waals surface area contributed by atoms with Crippen LogP contribution >= 0.6 is 0 Å². The van der Waals surface area contributed by atoms with Gasteiger partial charge in [0.2, 0.25) is 5.91 Å². The van der Waals surface area contributed by atoms with Crippen LogP contribution in [-0.4, -0.2) is 57.9 Å². The molecule has 6 atom stereocenters.